The Labute approximate surface area is 223 Å². The Hall–Kier alpha value is -3.12. The van der Waals surface area contributed by atoms with Crippen LogP contribution in [0, 0.1) is 13.8 Å². The van der Waals surface area contributed by atoms with Crippen molar-refractivity contribution in [3.63, 3.8) is 0 Å². The molecule has 3 aromatic carbocycles. The van der Waals surface area contributed by atoms with Gasteiger partial charge in [-0.15, -0.1) is 0 Å². The van der Waals surface area contributed by atoms with Gasteiger partial charge < -0.3 is 5.32 Å². The molecule has 3 aromatic rings. The predicted octanol–water partition coefficient (Wildman–Crippen LogP) is 7.34. The van der Waals surface area contributed by atoms with Gasteiger partial charge in [0, 0.05) is 18.7 Å². The highest BCUT2D eigenvalue weighted by atomic mass is 32.2. The third kappa shape index (κ3) is 6.61. The average molecular weight is 521 g/mol. The average Bonchev–Trinajstić information content (AvgIpc) is 2.86. The lowest BCUT2D eigenvalue weighted by molar-refractivity contribution is -0.116. The van der Waals surface area contributed by atoms with Crippen molar-refractivity contribution in [2.45, 2.75) is 78.0 Å². The molecule has 0 aliphatic carbocycles. The fourth-order valence-corrected chi connectivity index (χ4v) is 5.85. The first-order valence-electron chi connectivity index (χ1n) is 13.1. The summed E-state index contributed by atoms with van der Waals surface area (Å²) in [6.07, 6.45) is 0.862. The van der Waals surface area contributed by atoms with Crippen LogP contribution in [-0.4, -0.2) is 20.9 Å². The molecule has 0 aromatic heterocycles. The minimum absolute atomic E-state index is 0.0309. The molecule has 0 bridgehead atoms. The molecule has 0 saturated carbocycles. The maximum atomic E-state index is 13.8. The molecule has 0 radical (unpaired) electrons. The molecule has 6 heteroatoms. The second-order valence-electron chi connectivity index (χ2n) is 10.3. The van der Waals surface area contributed by atoms with Crippen molar-refractivity contribution in [1.29, 1.82) is 0 Å². The van der Waals surface area contributed by atoms with Crippen LogP contribution in [0.1, 0.15) is 80.7 Å². The van der Waals surface area contributed by atoms with Gasteiger partial charge in [-0.2, -0.15) is 0 Å². The molecule has 0 aliphatic heterocycles. The zero-order valence-electron chi connectivity index (χ0n) is 23.1. The Morgan fingerprint density at radius 1 is 0.865 bits per heavy atom. The molecule has 1 amide bonds. The lowest BCUT2D eigenvalue weighted by Gasteiger charge is -2.26. The number of carbonyl (C=O) groups is 1. The molecule has 0 heterocycles. The van der Waals surface area contributed by atoms with E-state index in [4.69, 9.17) is 0 Å². The fourth-order valence-electron chi connectivity index (χ4n) is 4.39. The molecule has 0 spiro atoms. The van der Waals surface area contributed by atoms with E-state index in [0.29, 0.717) is 5.69 Å². The van der Waals surface area contributed by atoms with Crippen molar-refractivity contribution in [2.24, 2.45) is 0 Å². The molecular formula is C31H40N2O3S. The molecule has 37 heavy (non-hydrogen) atoms. The highest BCUT2D eigenvalue weighted by molar-refractivity contribution is 7.92. The molecule has 0 atom stereocenters. The Morgan fingerprint density at radius 3 is 1.97 bits per heavy atom. The van der Waals surface area contributed by atoms with E-state index in [1.807, 2.05) is 69.3 Å². The lowest BCUT2D eigenvalue weighted by Crippen LogP contribution is -2.34. The predicted molar refractivity (Wildman–Crippen MR) is 154 cm³/mol. The monoisotopic (exact) mass is 520 g/mol. The maximum Gasteiger partial charge on any atom is 0.264 e. The van der Waals surface area contributed by atoms with Gasteiger partial charge in [-0.1, -0.05) is 71.0 Å². The first kappa shape index (κ1) is 28.5. The molecule has 198 valence electrons. The van der Waals surface area contributed by atoms with Crippen LogP contribution in [0.15, 0.2) is 65.6 Å². The number of hydrogen-bond acceptors (Lipinski definition) is 3. The minimum Gasteiger partial charge on any atom is -0.326 e. The summed E-state index contributed by atoms with van der Waals surface area (Å²) in [4.78, 5) is 13.5. The maximum absolute atomic E-state index is 13.8. The zero-order valence-corrected chi connectivity index (χ0v) is 23.9. The molecule has 0 unspecified atom stereocenters. The Morgan fingerprint density at radius 2 is 1.46 bits per heavy atom. The van der Waals surface area contributed by atoms with Gasteiger partial charge in [-0.05, 0) is 84.2 Å². The molecule has 0 saturated heterocycles. The lowest BCUT2D eigenvalue weighted by atomic mass is 9.92. The summed E-state index contributed by atoms with van der Waals surface area (Å²) in [7, 11) is -3.87. The summed E-state index contributed by atoms with van der Waals surface area (Å²) < 4.78 is 28.9. The van der Waals surface area contributed by atoms with Crippen LogP contribution < -0.4 is 9.62 Å². The smallest absolute Gasteiger partial charge is 0.264 e. The van der Waals surface area contributed by atoms with E-state index in [2.05, 4.69) is 33.0 Å². The highest BCUT2D eigenvalue weighted by Gasteiger charge is 2.26. The number of anilines is 2. The molecule has 1 N–H and O–H groups in total. The Kier molecular flexibility index (Phi) is 9.19. The van der Waals surface area contributed by atoms with Gasteiger partial charge in [-0.25, -0.2) is 8.42 Å². The van der Waals surface area contributed by atoms with E-state index in [0.717, 1.165) is 39.9 Å². The van der Waals surface area contributed by atoms with Crippen molar-refractivity contribution in [1.82, 2.24) is 0 Å². The first-order chi connectivity index (χ1) is 17.4. The third-order valence-corrected chi connectivity index (χ3v) is 8.72. The van der Waals surface area contributed by atoms with Gasteiger partial charge >= 0.3 is 0 Å². The van der Waals surface area contributed by atoms with Crippen molar-refractivity contribution >= 4 is 27.3 Å². The van der Waals surface area contributed by atoms with Crippen molar-refractivity contribution in [3.8, 4) is 0 Å². The second-order valence-corrected chi connectivity index (χ2v) is 12.1. The normalized spacial score (nSPS) is 11.7. The summed E-state index contributed by atoms with van der Waals surface area (Å²) >= 11 is 0. The van der Waals surface area contributed by atoms with Crippen LogP contribution in [0.5, 0.6) is 0 Å². The topological polar surface area (TPSA) is 66.5 Å². The van der Waals surface area contributed by atoms with E-state index in [1.165, 1.54) is 4.31 Å². The van der Waals surface area contributed by atoms with Crippen LogP contribution >= 0.6 is 0 Å². The van der Waals surface area contributed by atoms with Crippen LogP contribution in [-0.2, 0) is 21.2 Å². The number of hydrogen-bond donors (Lipinski definition) is 1. The van der Waals surface area contributed by atoms with Gasteiger partial charge in [0.2, 0.25) is 5.91 Å². The van der Waals surface area contributed by atoms with Crippen LogP contribution in [0.3, 0.4) is 0 Å². The van der Waals surface area contributed by atoms with E-state index in [1.54, 1.807) is 12.1 Å². The Balaban J connectivity index is 1.93. The fraction of sp³-hybridized carbons (Fsp3) is 0.387. The number of sulfonamides is 1. The van der Waals surface area contributed by atoms with Crippen LogP contribution in [0.2, 0.25) is 0 Å². The highest BCUT2D eigenvalue weighted by Crippen LogP contribution is 2.33. The van der Waals surface area contributed by atoms with Gasteiger partial charge in [0.15, 0.2) is 0 Å². The number of amides is 1. The van der Waals surface area contributed by atoms with E-state index >= 15 is 0 Å². The van der Waals surface area contributed by atoms with Crippen LogP contribution in [0.25, 0.3) is 0 Å². The van der Waals surface area contributed by atoms with Crippen molar-refractivity contribution in [3.05, 3.63) is 88.5 Å². The van der Waals surface area contributed by atoms with Crippen molar-refractivity contribution in [2.75, 3.05) is 16.2 Å². The number of carbonyl (C=O) groups excluding carboxylic acids is 1. The SMILES string of the molecule is CCc1ccc(S(=O)(=O)N(CCC(=O)Nc2c(C(C)C)cccc2C(C)C)c2ccc(C)c(C)c2)cc1. The number of nitrogens with one attached hydrogen (secondary N) is 1. The molecule has 0 fully saturated rings. The number of benzene rings is 3. The summed E-state index contributed by atoms with van der Waals surface area (Å²) in [5.74, 6) is 0.278. The molecule has 0 aliphatic rings. The number of para-hydroxylation sites is 1. The molecular weight excluding hydrogens is 480 g/mol. The van der Waals surface area contributed by atoms with Gasteiger partial charge in [-0.3, -0.25) is 9.10 Å². The summed E-state index contributed by atoms with van der Waals surface area (Å²) in [5, 5.41) is 3.12. The summed E-state index contributed by atoms with van der Waals surface area (Å²) in [6.45, 7) is 14.4. The summed E-state index contributed by atoms with van der Waals surface area (Å²) in [5.41, 5.74) is 6.70. The summed E-state index contributed by atoms with van der Waals surface area (Å²) in [6, 6.07) is 18.7. The standard InChI is InChI=1S/C31H40N2O3S/c1-8-25-13-16-27(17-14-25)37(35,36)33(26-15-12-23(6)24(7)20-26)19-18-30(34)32-31-28(21(2)3)10-9-11-29(31)22(4)5/h9-17,20-22H,8,18-19H2,1-7H3,(H,32,34). The van der Waals surface area contributed by atoms with Gasteiger partial charge in [0.05, 0.1) is 10.6 Å². The number of nitrogens with zero attached hydrogens (tertiary/aromatic N) is 1. The minimum atomic E-state index is -3.87. The van der Waals surface area contributed by atoms with Crippen LogP contribution in [0.4, 0.5) is 11.4 Å². The zero-order chi connectivity index (χ0) is 27.3. The second kappa shape index (κ2) is 12.0. The quantitative estimate of drug-likeness (QED) is 0.304. The number of rotatable bonds is 10. The van der Waals surface area contributed by atoms with E-state index in [9.17, 15) is 13.2 Å². The first-order valence-corrected chi connectivity index (χ1v) is 14.5. The molecule has 3 rings (SSSR count). The van der Waals surface area contributed by atoms with Gasteiger partial charge in [0.1, 0.15) is 0 Å². The third-order valence-electron chi connectivity index (χ3n) is 6.88. The Bertz CT molecular complexity index is 1320. The molecule has 5 nitrogen and oxygen atoms in total. The van der Waals surface area contributed by atoms with E-state index < -0.39 is 10.0 Å². The van der Waals surface area contributed by atoms with Crippen molar-refractivity contribution < 1.29 is 13.2 Å². The number of aryl methyl sites for hydroxylation is 3. The largest absolute Gasteiger partial charge is 0.326 e. The van der Waals surface area contributed by atoms with Gasteiger partial charge in [0.25, 0.3) is 10.0 Å². The van der Waals surface area contributed by atoms with E-state index in [-0.39, 0.29) is 35.6 Å².